The van der Waals surface area contributed by atoms with E-state index in [-0.39, 0.29) is 35.8 Å². The Labute approximate surface area is 219 Å². The molecule has 3 aromatic rings. The Bertz CT molecular complexity index is 1490. The molecule has 7 nitrogen and oxygen atoms in total. The quantitative estimate of drug-likeness (QED) is 0.439. The molecule has 3 aliphatic heterocycles. The van der Waals surface area contributed by atoms with Gasteiger partial charge in [-0.05, 0) is 34.8 Å². The van der Waals surface area contributed by atoms with E-state index in [0.29, 0.717) is 6.61 Å². The Hall–Kier alpha value is -3.65. The summed E-state index contributed by atoms with van der Waals surface area (Å²) < 4.78 is 8.03. The zero-order valence-corrected chi connectivity index (χ0v) is 21.9. The minimum absolute atomic E-state index is 0.0185. The van der Waals surface area contributed by atoms with E-state index in [0.717, 1.165) is 33.1 Å². The molecule has 0 radical (unpaired) electrons. The maximum Gasteiger partial charge on any atom is 0.278 e. The van der Waals surface area contributed by atoms with Crippen LogP contribution in [0.25, 0.3) is 0 Å². The van der Waals surface area contributed by atoms with Gasteiger partial charge >= 0.3 is 0 Å². The molecule has 4 heterocycles. The average Bonchev–Trinajstić information content (AvgIpc) is 3.04. The summed E-state index contributed by atoms with van der Waals surface area (Å²) in [5, 5.41) is 13.0. The van der Waals surface area contributed by atoms with Crippen LogP contribution in [0.4, 0.5) is 0 Å². The van der Waals surface area contributed by atoms with Crippen molar-refractivity contribution < 1.29 is 14.6 Å². The summed E-state index contributed by atoms with van der Waals surface area (Å²) >= 11 is 1.77. The minimum atomic E-state index is -0.574. The highest BCUT2D eigenvalue weighted by molar-refractivity contribution is 7.98. The van der Waals surface area contributed by atoms with Gasteiger partial charge in [-0.3, -0.25) is 19.3 Å². The first kappa shape index (κ1) is 23.7. The van der Waals surface area contributed by atoms with E-state index < -0.39 is 11.2 Å². The van der Waals surface area contributed by atoms with Crippen LogP contribution < -0.4 is 15.2 Å². The number of ether oxygens (including phenoxy) is 1. The highest BCUT2D eigenvalue weighted by atomic mass is 32.2. The van der Waals surface area contributed by atoms with E-state index in [9.17, 15) is 14.7 Å². The third-order valence-electron chi connectivity index (χ3n) is 7.29. The van der Waals surface area contributed by atoms with Crippen LogP contribution in [0.15, 0.2) is 76.6 Å². The summed E-state index contributed by atoms with van der Waals surface area (Å²) in [6.07, 6.45) is 5.56. The summed E-state index contributed by atoms with van der Waals surface area (Å²) in [6.45, 7) is 6.87. The van der Waals surface area contributed by atoms with E-state index in [1.54, 1.807) is 27.5 Å². The summed E-state index contributed by atoms with van der Waals surface area (Å²) in [5.41, 5.74) is 2.36. The van der Waals surface area contributed by atoms with Crippen molar-refractivity contribution in [3.05, 3.63) is 99.5 Å². The molecule has 8 heteroatoms. The van der Waals surface area contributed by atoms with Crippen molar-refractivity contribution in [2.24, 2.45) is 5.41 Å². The van der Waals surface area contributed by atoms with Crippen molar-refractivity contribution in [3.8, 4) is 11.5 Å². The molecular weight excluding hydrogens is 486 g/mol. The van der Waals surface area contributed by atoms with Crippen LogP contribution >= 0.6 is 11.8 Å². The van der Waals surface area contributed by atoms with E-state index in [1.165, 1.54) is 6.07 Å². The van der Waals surface area contributed by atoms with Crippen LogP contribution in [0, 0.1) is 5.41 Å². The predicted molar refractivity (Wildman–Crippen MR) is 144 cm³/mol. The lowest BCUT2D eigenvalue weighted by atomic mass is 9.85. The molecule has 1 aromatic heterocycles. The number of carbonyl (C=O) groups is 1. The number of amides is 1. The van der Waals surface area contributed by atoms with Crippen LogP contribution in [0.2, 0.25) is 0 Å². The number of benzene rings is 2. The van der Waals surface area contributed by atoms with Gasteiger partial charge in [-0.2, -0.15) is 0 Å². The second-order valence-corrected chi connectivity index (χ2v) is 11.7. The maximum absolute atomic E-state index is 14.0. The molecule has 0 fully saturated rings. The lowest BCUT2D eigenvalue weighted by Gasteiger charge is -2.48. The van der Waals surface area contributed by atoms with Gasteiger partial charge in [0.2, 0.25) is 5.43 Å². The number of hydrogen-bond acceptors (Lipinski definition) is 6. The lowest BCUT2D eigenvalue weighted by Crippen LogP contribution is -2.60. The Morgan fingerprint density at radius 2 is 1.86 bits per heavy atom. The first-order valence-electron chi connectivity index (χ1n) is 12.4. The van der Waals surface area contributed by atoms with Crippen LogP contribution in [-0.4, -0.2) is 39.9 Å². The van der Waals surface area contributed by atoms with Gasteiger partial charge in [0.25, 0.3) is 5.91 Å². The van der Waals surface area contributed by atoms with E-state index >= 15 is 0 Å². The van der Waals surface area contributed by atoms with Crippen molar-refractivity contribution in [1.82, 2.24) is 9.58 Å². The fourth-order valence-electron chi connectivity index (χ4n) is 5.57. The predicted octanol–water partition coefficient (Wildman–Crippen LogP) is 4.66. The number of rotatable bonds is 0. The van der Waals surface area contributed by atoms with Gasteiger partial charge < -0.3 is 14.7 Å². The molecule has 2 bridgehead atoms. The van der Waals surface area contributed by atoms with Gasteiger partial charge in [0, 0.05) is 28.5 Å². The van der Waals surface area contributed by atoms with Gasteiger partial charge in [0.05, 0.1) is 6.04 Å². The standard InChI is InChI=1S/C29H29N3O4S/c1-29(2,3)23-12-7-15-36-21-10-6-8-18-16-37-22-11-5-4-9-19(22)25(24(18)21)32-17-30(23)28(35)26-27(34)20(33)13-14-31(26)32/h4-14,23,25,34H,15-17H2,1-3H3/b12-7-/t23-,25-/m0/s1. The topological polar surface area (TPSA) is 75.0 Å². The summed E-state index contributed by atoms with van der Waals surface area (Å²) in [4.78, 5) is 29.4. The molecule has 1 amide bonds. The molecule has 0 unspecified atom stereocenters. The number of thioether (sulfide) groups is 1. The fraction of sp³-hybridized carbons (Fsp3) is 0.310. The minimum Gasteiger partial charge on any atom is -0.502 e. The molecular formula is C29H29N3O4S. The monoisotopic (exact) mass is 515 g/mol. The van der Waals surface area contributed by atoms with Crippen molar-refractivity contribution in [3.63, 3.8) is 0 Å². The Balaban J connectivity index is 1.69. The molecule has 0 saturated heterocycles. The van der Waals surface area contributed by atoms with Crippen LogP contribution in [-0.2, 0) is 5.75 Å². The number of pyridine rings is 1. The van der Waals surface area contributed by atoms with E-state index in [1.807, 2.05) is 36.4 Å². The molecule has 2 atom stereocenters. The van der Waals surface area contributed by atoms with Crippen molar-refractivity contribution in [2.45, 2.75) is 43.5 Å². The van der Waals surface area contributed by atoms with Gasteiger partial charge in [0.1, 0.15) is 25.1 Å². The Morgan fingerprint density at radius 1 is 1.05 bits per heavy atom. The van der Waals surface area contributed by atoms with Gasteiger partial charge in [-0.25, -0.2) is 0 Å². The van der Waals surface area contributed by atoms with Crippen molar-refractivity contribution in [1.29, 1.82) is 0 Å². The smallest absolute Gasteiger partial charge is 0.278 e. The van der Waals surface area contributed by atoms with Crippen LogP contribution in [0.1, 0.15) is 54.0 Å². The Morgan fingerprint density at radius 3 is 2.68 bits per heavy atom. The number of nitrogens with zero attached hydrogens (tertiary/aromatic N) is 3. The summed E-state index contributed by atoms with van der Waals surface area (Å²) in [7, 11) is 0. The zero-order chi connectivity index (χ0) is 25.9. The Kier molecular flexibility index (Phi) is 5.60. The second-order valence-electron chi connectivity index (χ2n) is 10.7. The largest absolute Gasteiger partial charge is 0.502 e. The summed E-state index contributed by atoms with van der Waals surface area (Å²) in [6, 6.07) is 15.1. The highest BCUT2D eigenvalue weighted by Crippen LogP contribution is 2.46. The third kappa shape index (κ3) is 3.82. The molecule has 3 aliphatic rings. The molecule has 0 saturated carbocycles. The van der Waals surface area contributed by atoms with E-state index in [2.05, 4.69) is 44.0 Å². The van der Waals surface area contributed by atoms with Crippen molar-refractivity contribution in [2.75, 3.05) is 18.3 Å². The maximum atomic E-state index is 14.0. The number of fused-ring (bicyclic) bond motifs is 7. The molecule has 37 heavy (non-hydrogen) atoms. The molecule has 0 aliphatic carbocycles. The molecule has 0 spiro atoms. The highest BCUT2D eigenvalue weighted by Gasteiger charge is 2.43. The summed E-state index contributed by atoms with van der Waals surface area (Å²) in [5.74, 6) is 0.656. The van der Waals surface area contributed by atoms with Crippen LogP contribution in [0.3, 0.4) is 0 Å². The number of aromatic hydroxyl groups is 1. The normalized spacial score (nSPS) is 21.5. The molecule has 1 N–H and O–H groups in total. The van der Waals surface area contributed by atoms with Gasteiger partial charge in [-0.15, -0.1) is 11.8 Å². The first-order chi connectivity index (χ1) is 17.8. The molecule has 6 rings (SSSR count). The second kappa shape index (κ2) is 8.73. The number of carbonyl (C=O) groups excluding carboxylic acids is 1. The van der Waals surface area contributed by atoms with Crippen molar-refractivity contribution >= 4 is 17.7 Å². The van der Waals surface area contributed by atoms with Crippen LogP contribution in [0.5, 0.6) is 11.5 Å². The molecule has 190 valence electrons. The number of aromatic nitrogens is 1. The first-order valence-corrected chi connectivity index (χ1v) is 13.4. The number of hydrogen-bond donors (Lipinski definition) is 1. The molecule has 2 aromatic carbocycles. The van der Waals surface area contributed by atoms with E-state index in [4.69, 9.17) is 4.74 Å². The van der Waals surface area contributed by atoms with Gasteiger partial charge in [0.15, 0.2) is 11.4 Å². The third-order valence-corrected chi connectivity index (χ3v) is 8.43. The lowest BCUT2D eigenvalue weighted by molar-refractivity contribution is 0.0505. The zero-order valence-electron chi connectivity index (χ0n) is 21.0. The SMILES string of the molecule is CC(C)(C)[C@@H]1/C=C\COc2cccc3c2[C@H](c2ccccc2SC3)N2CN1C(=O)c1c(O)c(=O)ccn12. The average molecular weight is 516 g/mol. The fourth-order valence-corrected chi connectivity index (χ4v) is 6.65. The van der Waals surface area contributed by atoms with Gasteiger partial charge in [-0.1, -0.05) is 57.2 Å².